The quantitative estimate of drug-likeness (QED) is 0.786. The van der Waals surface area contributed by atoms with Crippen LogP contribution in [0.25, 0.3) is 0 Å². The zero-order chi connectivity index (χ0) is 9.80. The molecular formula is C9H13BrN4. The Morgan fingerprint density at radius 2 is 2.21 bits per heavy atom. The van der Waals surface area contributed by atoms with Gasteiger partial charge in [0, 0.05) is 12.2 Å². The van der Waals surface area contributed by atoms with Crippen molar-refractivity contribution in [3.8, 4) is 0 Å². The molecule has 1 saturated heterocycles. The van der Waals surface area contributed by atoms with Crippen LogP contribution >= 0.6 is 15.9 Å². The van der Waals surface area contributed by atoms with Crippen LogP contribution in [-0.2, 0) is 0 Å². The van der Waals surface area contributed by atoms with Crippen LogP contribution in [0.15, 0.2) is 16.9 Å². The zero-order valence-electron chi connectivity index (χ0n) is 7.83. The summed E-state index contributed by atoms with van der Waals surface area (Å²) in [5.74, 6) is 0.714. The number of nitrogens with zero attached hydrogens (tertiary/aromatic N) is 2. The monoisotopic (exact) mass is 256 g/mol. The Labute approximate surface area is 91.7 Å². The van der Waals surface area contributed by atoms with Crippen LogP contribution in [0.3, 0.4) is 0 Å². The fourth-order valence-corrected chi connectivity index (χ4v) is 1.84. The minimum atomic E-state index is 0.505. The minimum Gasteiger partial charge on any atom is -0.351 e. The fraction of sp³-hybridized carbons (Fsp3) is 0.556. The van der Waals surface area contributed by atoms with Crippen LogP contribution in [0.5, 0.6) is 0 Å². The van der Waals surface area contributed by atoms with E-state index < -0.39 is 0 Å². The predicted molar refractivity (Wildman–Crippen MR) is 59.2 cm³/mol. The van der Waals surface area contributed by atoms with Gasteiger partial charge in [-0.25, -0.2) is 9.97 Å². The van der Waals surface area contributed by atoms with Crippen LogP contribution in [0.4, 0.5) is 5.95 Å². The molecule has 2 rings (SSSR count). The van der Waals surface area contributed by atoms with E-state index in [0.29, 0.717) is 12.0 Å². The number of rotatable bonds is 2. The summed E-state index contributed by atoms with van der Waals surface area (Å²) in [7, 11) is 0. The Balaban J connectivity index is 1.95. The van der Waals surface area contributed by atoms with Gasteiger partial charge in [-0.3, -0.25) is 0 Å². The highest BCUT2D eigenvalue weighted by molar-refractivity contribution is 9.10. The molecule has 0 radical (unpaired) electrons. The molecule has 1 aromatic rings. The third kappa shape index (κ3) is 2.65. The second kappa shape index (κ2) is 4.70. The third-order valence-electron chi connectivity index (χ3n) is 2.29. The molecule has 0 unspecified atom stereocenters. The average molecular weight is 257 g/mol. The summed E-state index contributed by atoms with van der Waals surface area (Å²) >= 11 is 3.32. The van der Waals surface area contributed by atoms with E-state index in [-0.39, 0.29) is 0 Å². The summed E-state index contributed by atoms with van der Waals surface area (Å²) in [5, 5.41) is 6.65. The molecule has 14 heavy (non-hydrogen) atoms. The molecule has 0 amide bonds. The van der Waals surface area contributed by atoms with Gasteiger partial charge in [-0.05, 0) is 47.9 Å². The topological polar surface area (TPSA) is 49.8 Å². The molecule has 1 aromatic heterocycles. The standard InChI is InChI=1S/C9H13BrN4/c10-8-3-6-12-9(14-8)13-7-1-4-11-5-2-7/h3,6-7,11H,1-2,4-5H2,(H,12,13,14). The third-order valence-corrected chi connectivity index (χ3v) is 2.74. The van der Waals surface area contributed by atoms with Crippen LogP contribution in [-0.4, -0.2) is 29.1 Å². The number of aromatic nitrogens is 2. The largest absolute Gasteiger partial charge is 0.351 e. The number of hydrogen-bond donors (Lipinski definition) is 2. The maximum absolute atomic E-state index is 4.24. The molecular weight excluding hydrogens is 244 g/mol. The van der Waals surface area contributed by atoms with E-state index in [4.69, 9.17) is 0 Å². The Morgan fingerprint density at radius 3 is 2.93 bits per heavy atom. The van der Waals surface area contributed by atoms with Crippen LogP contribution in [0.1, 0.15) is 12.8 Å². The summed E-state index contributed by atoms with van der Waals surface area (Å²) in [6, 6.07) is 2.33. The SMILES string of the molecule is Brc1ccnc(NC2CCNCC2)n1. The Hall–Kier alpha value is -0.680. The Morgan fingerprint density at radius 1 is 1.43 bits per heavy atom. The Bertz CT molecular complexity index is 299. The fourth-order valence-electron chi connectivity index (χ4n) is 1.56. The summed E-state index contributed by atoms with van der Waals surface area (Å²) in [4.78, 5) is 8.40. The van der Waals surface area contributed by atoms with Crippen molar-refractivity contribution in [1.82, 2.24) is 15.3 Å². The lowest BCUT2D eigenvalue weighted by Gasteiger charge is -2.23. The summed E-state index contributed by atoms with van der Waals surface area (Å²) < 4.78 is 0.823. The number of halogens is 1. The van der Waals surface area contributed by atoms with Gasteiger partial charge in [0.15, 0.2) is 0 Å². The summed E-state index contributed by atoms with van der Waals surface area (Å²) in [5.41, 5.74) is 0. The molecule has 4 nitrogen and oxygen atoms in total. The molecule has 1 fully saturated rings. The molecule has 76 valence electrons. The molecule has 2 heterocycles. The number of nitrogens with one attached hydrogen (secondary N) is 2. The van der Waals surface area contributed by atoms with Crippen molar-refractivity contribution in [3.05, 3.63) is 16.9 Å². The van der Waals surface area contributed by atoms with Crippen LogP contribution in [0.2, 0.25) is 0 Å². The molecule has 1 aliphatic rings. The molecule has 2 N–H and O–H groups in total. The first-order chi connectivity index (χ1) is 6.84. The first kappa shape index (κ1) is 9.86. The number of anilines is 1. The molecule has 1 aliphatic heterocycles. The smallest absolute Gasteiger partial charge is 0.223 e. The normalized spacial score (nSPS) is 18.1. The molecule has 0 aromatic carbocycles. The van der Waals surface area contributed by atoms with Gasteiger partial charge < -0.3 is 10.6 Å². The van der Waals surface area contributed by atoms with Gasteiger partial charge in [0.1, 0.15) is 4.60 Å². The average Bonchev–Trinajstić information content (AvgIpc) is 2.19. The van der Waals surface area contributed by atoms with E-state index in [1.807, 2.05) is 6.07 Å². The molecule has 0 bridgehead atoms. The van der Waals surface area contributed by atoms with Crippen molar-refractivity contribution in [2.24, 2.45) is 0 Å². The molecule has 0 atom stereocenters. The Kier molecular flexibility index (Phi) is 3.31. The maximum Gasteiger partial charge on any atom is 0.223 e. The van der Waals surface area contributed by atoms with Crippen LogP contribution < -0.4 is 10.6 Å². The second-order valence-electron chi connectivity index (χ2n) is 3.37. The van der Waals surface area contributed by atoms with Gasteiger partial charge in [0.25, 0.3) is 0 Å². The van der Waals surface area contributed by atoms with Crippen molar-refractivity contribution in [1.29, 1.82) is 0 Å². The van der Waals surface area contributed by atoms with Crippen LogP contribution in [0, 0.1) is 0 Å². The van der Waals surface area contributed by atoms with Gasteiger partial charge in [-0.15, -0.1) is 0 Å². The lowest BCUT2D eigenvalue weighted by Crippen LogP contribution is -2.35. The lowest BCUT2D eigenvalue weighted by atomic mass is 10.1. The highest BCUT2D eigenvalue weighted by atomic mass is 79.9. The van der Waals surface area contributed by atoms with E-state index in [9.17, 15) is 0 Å². The molecule has 5 heteroatoms. The van der Waals surface area contributed by atoms with Gasteiger partial charge in [-0.1, -0.05) is 0 Å². The summed E-state index contributed by atoms with van der Waals surface area (Å²) in [6.45, 7) is 2.15. The van der Waals surface area contributed by atoms with Crippen molar-refractivity contribution < 1.29 is 0 Å². The zero-order valence-corrected chi connectivity index (χ0v) is 9.42. The van der Waals surface area contributed by atoms with E-state index >= 15 is 0 Å². The highest BCUT2D eigenvalue weighted by Gasteiger charge is 2.13. The second-order valence-corrected chi connectivity index (χ2v) is 4.18. The maximum atomic E-state index is 4.24. The highest BCUT2D eigenvalue weighted by Crippen LogP contribution is 2.11. The van der Waals surface area contributed by atoms with E-state index in [2.05, 4.69) is 36.5 Å². The van der Waals surface area contributed by atoms with Crippen molar-refractivity contribution >= 4 is 21.9 Å². The number of piperidine rings is 1. The van der Waals surface area contributed by atoms with Gasteiger partial charge in [0.05, 0.1) is 0 Å². The van der Waals surface area contributed by atoms with Gasteiger partial charge in [0.2, 0.25) is 5.95 Å². The lowest BCUT2D eigenvalue weighted by molar-refractivity contribution is 0.477. The van der Waals surface area contributed by atoms with Crippen molar-refractivity contribution in [3.63, 3.8) is 0 Å². The minimum absolute atomic E-state index is 0.505. The van der Waals surface area contributed by atoms with Gasteiger partial charge >= 0.3 is 0 Å². The first-order valence-corrected chi connectivity index (χ1v) is 5.60. The van der Waals surface area contributed by atoms with Crippen molar-refractivity contribution in [2.45, 2.75) is 18.9 Å². The van der Waals surface area contributed by atoms with E-state index in [1.54, 1.807) is 6.20 Å². The number of hydrogen-bond acceptors (Lipinski definition) is 4. The molecule has 0 spiro atoms. The summed E-state index contributed by atoms with van der Waals surface area (Å²) in [6.07, 6.45) is 4.02. The van der Waals surface area contributed by atoms with E-state index in [0.717, 1.165) is 30.5 Å². The predicted octanol–water partition coefficient (Wildman–Crippen LogP) is 1.40. The van der Waals surface area contributed by atoms with Gasteiger partial charge in [-0.2, -0.15) is 0 Å². The first-order valence-electron chi connectivity index (χ1n) is 4.80. The van der Waals surface area contributed by atoms with Crippen molar-refractivity contribution in [2.75, 3.05) is 18.4 Å². The van der Waals surface area contributed by atoms with E-state index in [1.165, 1.54) is 0 Å². The molecule has 0 aliphatic carbocycles. The molecule has 0 saturated carbocycles.